The van der Waals surface area contributed by atoms with Gasteiger partial charge < -0.3 is 9.84 Å². The van der Waals surface area contributed by atoms with Gasteiger partial charge in [-0.25, -0.2) is 4.39 Å². The quantitative estimate of drug-likeness (QED) is 0.598. The van der Waals surface area contributed by atoms with Crippen molar-refractivity contribution in [3.63, 3.8) is 0 Å². The Morgan fingerprint density at radius 2 is 1.94 bits per heavy atom. The van der Waals surface area contributed by atoms with Crippen molar-refractivity contribution in [2.24, 2.45) is 5.92 Å². The first-order chi connectivity index (χ1) is 15.5. The van der Waals surface area contributed by atoms with E-state index in [1.54, 1.807) is 55.1 Å². The van der Waals surface area contributed by atoms with E-state index in [1.807, 2.05) is 0 Å². The maximum absolute atomic E-state index is 14.7. The molecule has 0 bridgehead atoms. The molecule has 166 valence electrons. The minimum absolute atomic E-state index is 0.126. The highest BCUT2D eigenvalue weighted by Gasteiger charge is 2.30. The molecule has 0 saturated carbocycles. The van der Waals surface area contributed by atoms with Crippen molar-refractivity contribution < 1.29 is 18.5 Å². The Balaban J connectivity index is 1.50. The summed E-state index contributed by atoms with van der Waals surface area (Å²) in [6, 6.07) is 11.6. The Kier molecular flexibility index (Phi) is 6.84. The second-order valence-electron chi connectivity index (χ2n) is 7.65. The van der Waals surface area contributed by atoms with E-state index < -0.39 is 11.7 Å². The number of nitrogens with one attached hydrogen (secondary N) is 1. The number of halogens is 1. The van der Waals surface area contributed by atoms with Crippen LogP contribution in [0.3, 0.4) is 0 Å². The summed E-state index contributed by atoms with van der Waals surface area (Å²) in [6.07, 6.45) is 2.70. The van der Waals surface area contributed by atoms with Crippen LogP contribution in [0.15, 0.2) is 53.4 Å². The fourth-order valence-corrected chi connectivity index (χ4v) is 4.73. The topological polar surface area (TPSA) is 88.3 Å². The zero-order valence-corrected chi connectivity index (χ0v) is 18.4. The van der Waals surface area contributed by atoms with Crippen molar-refractivity contribution >= 4 is 35.0 Å². The van der Waals surface area contributed by atoms with E-state index in [1.165, 1.54) is 17.4 Å². The molecule has 1 aliphatic heterocycles. The number of anilines is 2. The van der Waals surface area contributed by atoms with Gasteiger partial charge in [-0.1, -0.05) is 11.2 Å². The molecule has 2 aromatic carbocycles. The van der Waals surface area contributed by atoms with Crippen molar-refractivity contribution in [2.75, 3.05) is 28.3 Å². The average molecular weight is 455 g/mol. The van der Waals surface area contributed by atoms with E-state index in [2.05, 4.69) is 15.5 Å². The number of hydrogen-bond acceptors (Lipinski definition) is 6. The SMILES string of the molecule is Cc1ccc(N(CC(=O)Nc2ccc(-c3ncon3)cc2)C(=O)C2CCSCC2)c(F)c1. The minimum atomic E-state index is -0.513. The molecule has 1 fully saturated rings. The molecule has 2 heterocycles. The molecule has 0 radical (unpaired) electrons. The summed E-state index contributed by atoms with van der Waals surface area (Å²) in [5.74, 6) is 0.880. The molecule has 7 nitrogen and oxygen atoms in total. The van der Waals surface area contributed by atoms with Gasteiger partial charge in [0.2, 0.25) is 24.0 Å². The van der Waals surface area contributed by atoms with Crippen LogP contribution >= 0.6 is 11.8 Å². The van der Waals surface area contributed by atoms with Gasteiger partial charge in [0.05, 0.1) is 5.69 Å². The number of thioether (sulfide) groups is 1. The Labute approximate surface area is 189 Å². The van der Waals surface area contributed by atoms with Crippen molar-refractivity contribution in [1.82, 2.24) is 10.1 Å². The zero-order chi connectivity index (χ0) is 22.5. The number of carbonyl (C=O) groups is 2. The van der Waals surface area contributed by atoms with E-state index in [-0.39, 0.29) is 24.1 Å². The summed E-state index contributed by atoms with van der Waals surface area (Å²) >= 11 is 1.81. The first-order valence-corrected chi connectivity index (χ1v) is 11.5. The van der Waals surface area contributed by atoms with Crippen LogP contribution in [0.4, 0.5) is 15.8 Å². The van der Waals surface area contributed by atoms with Gasteiger partial charge >= 0.3 is 0 Å². The van der Waals surface area contributed by atoms with Crippen LogP contribution in [-0.4, -0.2) is 40.0 Å². The lowest BCUT2D eigenvalue weighted by molar-refractivity contribution is -0.124. The molecule has 4 rings (SSSR count). The lowest BCUT2D eigenvalue weighted by Crippen LogP contribution is -2.43. The minimum Gasteiger partial charge on any atom is -0.342 e. The fourth-order valence-electron chi connectivity index (χ4n) is 3.62. The number of aromatic nitrogens is 2. The number of amides is 2. The smallest absolute Gasteiger partial charge is 0.244 e. The summed E-state index contributed by atoms with van der Waals surface area (Å²) in [6.45, 7) is 1.51. The third-order valence-electron chi connectivity index (χ3n) is 5.32. The third-order valence-corrected chi connectivity index (χ3v) is 6.37. The van der Waals surface area contributed by atoms with Gasteiger partial charge in [0, 0.05) is 17.2 Å². The maximum Gasteiger partial charge on any atom is 0.244 e. The van der Waals surface area contributed by atoms with Crippen molar-refractivity contribution in [1.29, 1.82) is 0 Å². The zero-order valence-electron chi connectivity index (χ0n) is 17.6. The molecule has 0 aliphatic carbocycles. The monoisotopic (exact) mass is 454 g/mol. The van der Waals surface area contributed by atoms with Gasteiger partial charge in [0.15, 0.2) is 0 Å². The number of nitrogens with zero attached hydrogens (tertiary/aromatic N) is 3. The molecule has 2 amide bonds. The second kappa shape index (κ2) is 9.95. The molecule has 1 aliphatic rings. The lowest BCUT2D eigenvalue weighted by atomic mass is 10.0. The molecule has 3 aromatic rings. The van der Waals surface area contributed by atoms with E-state index in [4.69, 9.17) is 4.52 Å². The largest absolute Gasteiger partial charge is 0.342 e. The summed E-state index contributed by atoms with van der Waals surface area (Å²) in [4.78, 5) is 31.3. The average Bonchev–Trinajstić information content (AvgIpc) is 3.33. The van der Waals surface area contributed by atoms with E-state index >= 15 is 0 Å². The van der Waals surface area contributed by atoms with Gasteiger partial charge in [-0.2, -0.15) is 16.7 Å². The normalized spacial score (nSPS) is 14.2. The maximum atomic E-state index is 14.7. The molecule has 0 atom stereocenters. The first kappa shape index (κ1) is 22.0. The van der Waals surface area contributed by atoms with Crippen LogP contribution in [0.5, 0.6) is 0 Å². The second-order valence-corrected chi connectivity index (χ2v) is 8.87. The molecule has 1 aromatic heterocycles. The van der Waals surface area contributed by atoms with Crippen LogP contribution in [-0.2, 0) is 9.59 Å². The first-order valence-electron chi connectivity index (χ1n) is 10.3. The standard InChI is InChI=1S/C23H23FN4O3S/c1-15-2-7-20(19(24)12-15)28(23(30)17-8-10-32-11-9-17)13-21(29)26-18-5-3-16(4-6-18)22-25-14-31-27-22/h2-7,12,14,17H,8-11,13H2,1H3,(H,26,29). The van der Waals surface area contributed by atoms with Gasteiger partial charge in [-0.3, -0.25) is 14.5 Å². The van der Waals surface area contributed by atoms with Gasteiger partial charge in [0.25, 0.3) is 0 Å². The van der Waals surface area contributed by atoms with Crippen molar-refractivity contribution in [3.05, 3.63) is 60.2 Å². The third kappa shape index (κ3) is 5.16. The Bertz CT molecular complexity index is 1080. The number of carbonyl (C=O) groups excluding carboxylic acids is 2. The Morgan fingerprint density at radius 1 is 1.19 bits per heavy atom. The Morgan fingerprint density at radius 3 is 2.59 bits per heavy atom. The predicted molar refractivity (Wildman–Crippen MR) is 122 cm³/mol. The number of rotatable bonds is 6. The summed E-state index contributed by atoms with van der Waals surface area (Å²) in [7, 11) is 0. The van der Waals surface area contributed by atoms with Crippen LogP contribution < -0.4 is 10.2 Å². The van der Waals surface area contributed by atoms with E-state index in [0.29, 0.717) is 11.5 Å². The number of hydrogen-bond donors (Lipinski definition) is 1. The van der Waals surface area contributed by atoms with Crippen molar-refractivity contribution in [2.45, 2.75) is 19.8 Å². The van der Waals surface area contributed by atoms with Crippen LogP contribution in [0.1, 0.15) is 18.4 Å². The molecule has 0 unspecified atom stereocenters. The van der Waals surface area contributed by atoms with Gasteiger partial charge in [-0.15, -0.1) is 0 Å². The summed E-state index contributed by atoms with van der Waals surface area (Å²) < 4.78 is 19.5. The molecular formula is C23H23FN4O3S. The highest BCUT2D eigenvalue weighted by Crippen LogP contribution is 2.28. The molecular weight excluding hydrogens is 431 g/mol. The Hall–Kier alpha value is -3.20. The van der Waals surface area contributed by atoms with Crippen LogP contribution in [0.2, 0.25) is 0 Å². The number of aryl methyl sites for hydroxylation is 1. The highest BCUT2D eigenvalue weighted by atomic mass is 32.2. The van der Waals surface area contributed by atoms with E-state index in [9.17, 15) is 14.0 Å². The fraction of sp³-hybridized carbons (Fsp3) is 0.304. The van der Waals surface area contributed by atoms with E-state index in [0.717, 1.165) is 35.5 Å². The van der Waals surface area contributed by atoms with Crippen LogP contribution in [0.25, 0.3) is 11.4 Å². The number of benzene rings is 2. The summed E-state index contributed by atoms with van der Waals surface area (Å²) in [5, 5.41) is 6.55. The summed E-state index contributed by atoms with van der Waals surface area (Å²) in [5.41, 5.74) is 2.17. The lowest BCUT2D eigenvalue weighted by Gasteiger charge is -2.29. The molecule has 0 spiro atoms. The van der Waals surface area contributed by atoms with Crippen molar-refractivity contribution in [3.8, 4) is 11.4 Å². The molecule has 32 heavy (non-hydrogen) atoms. The molecule has 9 heteroatoms. The van der Waals surface area contributed by atoms with Gasteiger partial charge in [-0.05, 0) is 73.2 Å². The molecule has 1 saturated heterocycles. The van der Waals surface area contributed by atoms with Crippen LogP contribution in [0, 0.1) is 18.7 Å². The predicted octanol–water partition coefficient (Wildman–Crippen LogP) is 4.30. The molecule has 1 N–H and O–H groups in total. The van der Waals surface area contributed by atoms with Gasteiger partial charge in [0.1, 0.15) is 12.4 Å². The highest BCUT2D eigenvalue weighted by molar-refractivity contribution is 7.99.